The number of hydrogen-bond donors (Lipinski definition) is 1. The van der Waals surface area contributed by atoms with Crippen molar-refractivity contribution in [1.29, 1.82) is 5.41 Å². The molecule has 34 heavy (non-hydrogen) atoms. The summed E-state index contributed by atoms with van der Waals surface area (Å²) in [5.74, 6) is -0.896. The molecule has 1 N–H and O–H groups in total. The van der Waals surface area contributed by atoms with E-state index in [2.05, 4.69) is 14.7 Å². The fraction of sp³-hybridized carbons (Fsp3) is 0.120. The van der Waals surface area contributed by atoms with Crippen molar-refractivity contribution in [2.24, 2.45) is 10.1 Å². The van der Waals surface area contributed by atoms with Crippen molar-refractivity contribution in [3.63, 3.8) is 0 Å². The van der Waals surface area contributed by atoms with Gasteiger partial charge in [-0.3, -0.25) is 10.2 Å². The van der Waals surface area contributed by atoms with Crippen LogP contribution in [0.25, 0.3) is 11.8 Å². The summed E-state index contributed by atoms with van der Waals surface area (Å²) in [5, 5.41) is 16.0. The molecule has 0 spiro atoms. The summed E-state index contributed by atoms with van der Waals surface area (Å²) in [7, 11) is 0. The number of aromatic nitrogens is 1. The average molecular weight is 492 g/mol. The molecule has 0 saturated carbocycles. The highest BCUT2D eigenvalue weighted by Crippen LogP contribution is 2.32. The number of fused-ring (bicyclic) bond motifs is 1. The number of nitrogens with one attached hydrogen (secondary N) is 1. The van der Waals surface area contributed by atoms with Gasteiger partial charge in [0.05, 0.1) is 5.57 Å². The summed E-state index contributed by atoms with van der Waals surface area (Å²) in [5.41, 5.74) is 5.45. The fourth-order valence-electron chi connectivity index (χ4n) is 4.00. The molecule has 2 aliphatic rings. The Morgan fingerprint density at radius 2 is 1.85 bits per heavy atom. The van der Waals surface area contributed by atoms with Crippen molar-refractivity contribution in [3.05, 3.63) is 93.0 Å². The van der Waals surface area contributed by atoms with Gasteiger partial charge in [-0.1, -0.05) is 17.7 Å². The van der Waals surface area contributed by atoms with Crippen LogP contribution in [0.15, 0.2) is 64.2 Å². The van der Waals surface area contributed by atoms with Crippen molar-refractivity contribution in [2.45, 2.75) is 20.8 Å². The summed E-state index contributed by atoms with van der Waals surface area (Å²) >= 11 is 7.51. The van der Waals surface area contributed by atoms with Gasteiger partial charge in [0.1, 0.15) is 10.9 Å². The van der Waals surface area contributed by atoms with Crippen LogP contribution in [0, 0.1) is 32.0 Å². The topological polar surface area (TPSA) is 73.8 Å². The van der Waals surface area contributed by atoms with Crippen LogP contribution in [0.2, 0.25) is 5.02 Å². The van der Waals surface area contributed by atoms with Gasteiger partial charge in [0.2, 0.25) is 5.17 Å². The van der Waals surface area contributed by atoms with Crippen LogP contribution in [0.3, 0.4) is 0 Å². The van der Waals surface area contributed by atoms with E-state index in [1.807, 2.05) is 45.0 Å². The molecule has 0 atom stereocenters. The summed E-state index contributed by atoms with van der Waals surface area (Å²) in [6, 6.07) is 13.6. The highest BCUT2D eigenvalue weighted by atomic mass is 35.5. The molecule has 9 heteroatoms. The van der Waals surface area contributed by atoms with E-state index >= 15 is 0 Å². The fourth-order valence-corrected chi connectivity index (χ4v) is 5.07. The molecule has 1 amide bonds. The van der Waals surface area contributed by atoms with E-state index in [-0.39, 0.29) is 17.2 Å². The van der Waals surface area contributed by atoms with E-state index in [4.69, 9.17) is 17.0 Å². The van der Waals surface area contributed by atoms with E-state index < -0.39 is 5.91 Å². The molecule has 0 unspecified atom stereocenters. The molecule has 0 aliphatic carbocycles. The third kappa shape index (κ3) is 3.69. The predicted molar refractivity (Wildman–Crippen MR) is 136 cm³/mol. The zero-order valence-corrected chi connectivity index (χ0v) is 20.1. The lowest BCUT2D eigenvalue weighted by atomic mass is 10.1. The van der Waals surface area contributed by atoms with Crippen LogP contribution in [0.1, 0.15) is 28.1 Å². The van der Waals surface area contributed by atoms with Gasteiger partial charge in [0.15, 0.2) is 5.84 Å². The number of hydrazone groups is 1. The summed E-state index contributed by atoms with van der Waals surface area (Å²) in [6.07, 6.45) is 1.68. The van der Waals surface area contributed by atoms with Crippen LogP contribution in [-0.2, 0) is 4.79 Å². The second-order valence-corrected chi connectivity index (χ2v) is 9.34. The number of aryl methyl sites for hydroxylation is 1. The predicted octanol–water partition coefficient (Wildman–Crippen LogP) is 5.86. The van der Waals surface area contributed by atoms with Crippen molar-refractivity contribution in [3.8, 4) is 5.69 Å². The van der Waals surface area contributed by atoms with Gasteiger partial charge in [-0.25, -0.2) is 4.39 Å². The van der Waals surface area contributed by atoms with Gasteiger partial charge < -0.3 is 4.57 Å². The number of halogens is 2. The van der Waals surface area contributed by atoms with Crippen LogP contribution in [0.5, 0.6) is 0 Å². The number of nitrogens with zero attached hydrogens (tertiary/aromatic N) is 4. The van der Waals surface area contributed by atoms with Gasteiger partial charge in [0.25, 0.3) is 5.91 Å². The molecule has 1 aromatic heterocycles. The highest BCUT2D eigenvalue weighted by Gasteiger charge is 2.36. The van der Waals surface area contributed by atoms with Gasteiger partial charge in [-0.05, 0) is 92.2 Å². The zero-order chi connectivity index (χ0) is 24.1. The zero-order valence-electron chi connectivity index (χ0n) is 18.6. The molecule has 5 rings (SSSR count). The minimum Gasteiger partial charge on any atom is -0.318 e. The molecule has 3 heterocycles. The Morgan fingerprint density at radius 1 is 1.12 bits per heavy atom. The van der Waals surface area contributed by atoms with E-state index in [0.717, 1.165) is 28.2 Å². The second kappa shape index (κ2) is 8.38. The Hall–Kier alpha value is -3.49. The van der Waals surface area contributed by atoms with Crippen molar-refractivity contribution < 1.29 is 9.18 Å². The van der Waals surface area contributed by atoms with Crippen molar-refractivity contribution in [2.75, 3.05) is 0 Å². The van der Waals surface area contributed by atoms with Crippen LogP contribution in [-0.4, -0.2) is 31.5 Å². The molecule has 0 fully saturated rings. The van der Waals surface area contributed by atoms with Crippen molar-refractivity contribution >= 4 is 51.4 Å². The molecule has 0 bridgehead atoms. The Balaban J connectivity index is 1.52. The minimum absolute atomic E-state index is 0.0525. The lowest BCUT2D eigenvalue weighted by Crippen LogP contribution is -2.35. The lowest BCUT2D eigenvalue weighted by molar-refractivity contribution is -0.114. The van der Waals surface area contributed by atoms with Crippen molar-refractivity contribution in [1.82, 2.24) is 9.58 Å². The molecule has 0 saturated heterocycles. The van der Waals surface area contributed by atoms with E-state index in [0.29, 0.717) is 20.8 Å². The first-order chi connectivity index (χ1) is 16.2. The van der Waals surface area contributed by atoms with Crippen LogP contribution in [0.4, 0.5) is 4.39 Å². The molecule has 0 radical (unpaired) electrons. The van der Waals surface area contributed by atoms with E-state index in [1.54, 1.807) is 18.2 Å². The SMILES string of the molecule is Cc1c(Cl)cccc1-n1c(C)cc(/C=C2/C(=N)N3N=C(c4ccc(F)cc4)SC3=NC2=O)c1C. The summed E-state index contributed by atoms with van der Waals surface area (Å²) < 4.78 is 15.4. The first-order valence-corrected chi connectivity index (χ1v) is 11.6. The van der Waals surface area contributed by atoms with E-state index in [9.17, 15) is 9.18 Å². The third-order valence-corrected chi connectivity index (χ3v) is 7.16. The molecular weight excluding hydrogens is 473 g/mol. The summed E-state index contributed by atoms with van der Waals surface area (Å²) in [6.45, 7) is 5.91. The molecule has 2 aromatic carbocycles. The Kier molecular flexibility index (Phi) is 5.50. The molecule has 6 nitrogen and oxygen atoms in total. The largest absolute Gasteiger partial charge is 0.318 e. The van der Waals surface area contributed by atoms with Gasteiger partial charge in [-0.2, -0.15) is 15.1 Å². The molecule has 3 aromatic rings. The molecule has 2 aliphatic heterocycles. The van der Waals surface area contributed by atoms with Crippen LogP contribution >= 0.6 is 23.4 Å². The number of hydrogen-bond acceptors (Lipinski definition) is 4. The number of thioether (sulfide) groups is 1. The number of benzene rings is 2. The highest BCUT2D eigenvalue weighted by molar-refractivity contribution is 8.27. The monoisotopic (exact) mass is 491 g/mol. The second-order valence-electron chi connectivity index (χ2n) is 7.98. The quantitative estimate of drug-likeness (QED) is 0.466. The Morgan fingerprint density at radius 3 is 2.59 bits per heavy atom. The normalized spacial score (nSPS) is 16.7. The molecular formula is C25H19ClFN5OS. The van der Waals surface area contributed by atoms with Crippen LogP contribution < -0.4 is 0 Å². The summed E-state index contributed by atoms with van der Waals surface area (Å²) in [4.78, 5) is 17.0. The third-order valence-electron chi connectivity index (χ3n) is 5.80. The van der Waals surface area contributed by atoms with E-state index in [1.165, 1.54) is 28.9 Å². The van der Waals surface area contributed by atoms with Gasteiger partial charge in [-0.15, -0.1) is 0 Å². The maximum absolute atomic E-state index is 13.3. The number of amidine groups is 2. The lowest BCUT2D eigenvalue weighted by Gasteiger charge is -2.20. The standard InChI is InChI=1S/C25H19ClFN5OS/c1-13-11-17(15(3)31(13)21-6-4-5-20(26)14(21)2)12-19-22(28)32-25(29-23(19)33)34-24(30-32)16-7-9-18(27)10-8-16/h4-12,28H,1-3H3/b19-12-,28-22?. The minimum atomic E-state index is -0.497. The number of rotatable bonds is 3. The first kappa shape index (κ1) is 22.3. The maximum atomic E-state index is 13.3. The first-order valence-electron chi connectivity index (χ1n) is 10.4. The number of amides is 1. The number of carbonyl (C=O) groups is 1. The average Bonchev–Trinajstić information content (AvgIpc) is 3.34. The maximum Gasteiger partial charge on any atom is 0.283 e. The van der Waals surface area contributed by atoms with Gasteiger partial charge in [0, 0.05) is 27.7 Å². The number of carbonyl (C=O) groups excluding carboxylic acids is 1. The smallest absolute Gasteiger partial charge is 0.283 e. The van der Waals surface area contributed by atoms with Gasteiger partial charge >= 0.3 is 0 Å². The molecule has 170 valence electrons. The number of aliphatic imine (C=N–C) groups is 1. The Bertz CT molecular complexity index is 1470. The Labute approximate surface area is 205 Å².